The fraction of sp³-hybridized carbons (Fsp3) is 0.0606. The molecule has 4 heteroatoms. The molecule has 0 aliphatic heterocycles. The van der Waals surface area contributed by atoms with Crippen LogP contribution in [0.15, 0.2) is 206 Å². The number of hydrogen-bond acceptors (Lipinski definition) is 2. The normalized spacial score (nSPS) is 11.4. The van der Waals surface area contributed by atoms with Crippen molar-refractivity contribution in [1.29, 1.82) is 10.5 Å². The molecule has 2 aromatic heterocycles. The van der Waals surface area contributed by atoms with E-state index in [2.05, 4.69) is 231 Å². The Hall–Kier alpha value is -9.22. The highest BCUT2D eigenvalue weighted by molar-refractivity contribution is 6.13. The largest absolute Gasteiger partial charge is 0.308 e. The van der Waals surface area contributed by atoms with Gasteiger partial charge in [0, 0.05) is 21.5 Å². The molecule has 0 spiro atoms. The smallest absolute Gasteiger partial charge is 0.101 e. The fourth-order valence-electron chi connectivity index (χ4n) is 10.8. The average Bonchev–Trinajstić information content (AvgIpc) is 3.89. The summed E-state index contributed by atoms with van der Waals surface area (Å²) in [6, 6.07) is 78.3. The Morgan fingerprint density at radius 3 is 0.800 bits per heavy atom. The summed E-state index contributed by atoms with van der Waals surface area (Å²) in [6.07, 6.45) is 0. The number of nitrogens with zero attached hydrogens (tertiary/aromatic N) is 4. The van der Waals surface area contributed by atoms with Crippen LogP contribution < -0.4 is 0 Å². The average molecular weight is 895 g/mol. The summed E-state index contributed by atoms with van der Waals surface area (Å²) in [5.41, 5.74) is 22.6. The Morgan fingerprint density at radius 2 is 0.543 bits per heavy atom. The lowest BCUT2D eigenvalue weighted by molar-refractivity contribution is 1.16. The van der Waals surface area contributed by atoms with E-state index in [0.29, 0.717) is 11.1 Å². The summed E-state index contributed by atoms with van der Waals surface area (Å²) in [7, 11) is 0. The van der Waals surface area contributed by atoms with Crippen molar-refractivity contribution in [1.82, 2.24) is 9.13 Å². The van der Waals surface area contributed by atoms with Crippen LogP contribution in [0.2, 0.25) is 0 Å². The third-order valence-electron chi connectivity index (χ3n) is 14.4. The highest BCUT2D eigenvalue weighted by atomic mass is 15.0. The lowest BCUT2D eigenvalue weighted by Crippen LogP contribution is -2.01. The van der Waals surface area contributed by atoms with Crippen molar-refractivity contribution < 1.29 is 0 Å². The van der Waals surface area contributed by atoms with Crippen molar-refractivity contribution in [3.05, 3.63) is 240 Å². The third-order valence-corrected chi connectivity index (χ3v) is 14.4. The maximum atomic E-state index is 10.9. The molecule has 2 heterocycles. The molecule has 0 aliphatic rings. The monoisotopic (exact) mass is 894 g/mol. The van der Waals surface area contributed by atoms with Gasteiger partial charge in [0.2, 0.25) is 0 Å². The van der Waals surface area contributed by atoms with E-state index in [1.54, 1.807) is 0 Å². The van der Waals surface area contributed by atoms with E-state index in [4.69, 9.17) is 0 Å². The van der Waals surface area contributed by atoms with Crippen LogP contribution >= 0.6 is 0 Å². The van der Waals surface area contributed by atoms with E-state index in [1.807, 2.05) is 24.3 Å². The molecule has 0 N–H and O–H groups in total. The number of aromatic nitrogens is 2. The lowest BCUT2D eigenvalue weighted by Gasteiger charge is -2.16. The summed E-state index contributed by atoms with van der Waals surface area (Å²) in [5.74, 6) is 0. The quantitative estimate of drug-likeness (QED) is 0.160. The highest BCUT2D eigenvalue weighted by Crippen LogP contribution is 2.42. The number of nitriles is 2. The maximum Gasteiger partial charge on any atom is 0.101 e. The zero-order chi connectivity index (χ0) is 47.6. The van der Waals surface area contributed by atoms with Gasteiger partial charge in [0.1, 0.15) is 12.1 Å². The second-order valence-corrected chi connectivity index (χ2v) is 18.5. The van der Waals surface area contributed by atoms with Crippen LogP contribution in [0.1, 0.15) is 33.4 Å². The van der Waals surface area contributed by atoms with Crippen LogP contribution in [0.4, 0.5) is 0 Å². The van der Waals surface area contributed by atoms with Crippen LogP contribution in [-0.2, 0) is 0 Å². The van der Waals surface area contributed by atoms with E-state index in [1.165, 1.54) is 44.5 Å². The van der Waals surface area contributed by atoms with Gasteiger partial charge in [-0.2, -0.15) is 10.5 Å². The molecular weight excluding hydrogens is 849 g/mol. The first-order valence-electron chi connectivity index (χ1n) is 23.8. The van der Waals surface area contributed by atoms with Gasteiger partial charge in [-0.1, -0.05) is 158 Å². The van der Waals surface area contributed by atoms with Gasteiger partial charge in [-0.25, -0.2) is 0 Å². The van der Waals surface area contributed by atoms with Crippen molar-refractivity contribution in [3.63, 3.8) is 0 Å². The number of aryl methyl sites for hydroxylation is 4. The third kappa shape index (κ3) is 6.89. The molecule has 0 amide bonds. The van der Waals surface area contributed by atoms with Gasteiger partial charge >= 0.3 is 0 Å². The predicted molar refractivity (Wildman–Crippen MR) is 291 cm³/mol. The zero-order valence-electron chi connectivity index (χ0n) is 39.4. The van der Waals surface area contributed by atoms with Gasteiger partial charge < -0.3 is 9.13 Å². The first kappa shape index (κ1) is 42.2. The first-order valence-corrected chi connectivity index (χ1v) is 23.8. The zero-order valence-corrected chi connectivity index (χ0v) is 39.4. The van der Waals surface area contributed by atoms with Crippen molar-refractivity contribution in [2.75, 3.05) is 0 Å². The van der Waals surface area contributed by atoms with E-state index >= 15 is 0 Å². The summed E-state index contributed by atoms with van der Waals surface area (Å²) >= 11 is 0. The van der Waals surface area contributed by atoms with Crippen molar-refractivity contribution in [3.8, 4) is 79.1 Å². The Balaban J connectivity index is 1.11. The number of rotatable bonds is 7. The van der Waals surface area contributed by atoms with Crippen LogP contribution in [0.25, 0.3) is 111 Å². The number of benzene rings is 10. The molecule has 0 radical (unpaired) electrons. The van der Waals surface area contributed by atoms with Crippen LogP contribution in [0.3, 0.4) is 0 Å². The topological polar surface area (TPSA) is 57.4 Å². The molecule has 0 saturated heterocycles. The van der Waals surface area contributed by atoms with Crippen molar-refractivity contribution in [2.24, 2.45) is 0 Å². The standard InChI is InChI=1S/C66H46N4/c1-41-13-5-9-17-53(41)47-25-29-57-58-30-26-48(54-18-10-6-14-42(54)2)36-64(58)69(63(57)35-47)61-33-45(21-23-51(61)39-67)46-22-24-52(40-68)62(34-46)70-65-37-49(55-19-11-7-15-43(55)3)27-31-59(65)60-32-28-50(38-66(60)70)56-20-12-8-16-44(56)4/h5-38H,1-4H3. The maximum absolute atomic E-state index is 10.9. The summed E-state index contributed by atoms with van der Waals surface area (Å²) in [6.45, 7) is 8.60. The SMILES string of the molecule is Cc1ccccc1-c1ccc2c3ccc(-c4ccccc4C)cc3n(-c3cc(-c4ccc(C#N)c(-n5c6cc(-c7ccccc7C)ccc6c6ccc(-c7ccccc7C)cc65)c4)ccc3C#N)c2c1. The molecule has 0 unspecified atom stereocenters. The minimum absolute atomic E-state index is 0.564. The molecular formula is C66H46N4. The summed E-state index contributed by atoms with van der Waals surface area (Å²) < 4.78 is 4.57. The van der Waals surface area contributed by atoms with E-state index in [9.17, 15) is 10.5 Å². The van der Waals surface area contributed by atoms with Gasteiger partial charge in [0.05, 0.1) is 44.6 Å². The molecule has 0 bridgehead atoms. The minimum atomic E-state index is 0.564. The number of fused-ring (bicyclic) bond motifs is 6. The van der Waals surface area contributed by atoms with Gasteiger partial charge in [0.25, 0.3) is 0 Å². The molecule has 12 rings (SSSR count). The molecule has 0 aliphatic carbocycles. The molecule has 0 fully saturated rings. The molecule has 70 heavy (non-hydrogen) atoms. The second kappa shape index (κ2) is 16.8. The molecule has 12 aromatic rings. The van der Waals surface area contributed by atoms with Gasteiger partial charge in [-0.05, 0) is 154 Å². The highest BCUT2D eigenvalue weighted by Gasteiger charge is 2.21. The summed E-state index contributed by atoms with van der Waals surface area (Å²) in [5, 5.41) is 26.3. The van der Waals surface area contributed by atoms with Gasteiger partial charge in [-0.3, -0.25) is 0 Å². The second-order valence-electron chi connectivity index (χ2n) is 18.5. The molecule has 0 saturated carbocycles. The van der Waals surface area contributed by atoms with Crippen molar-refractivity contribution in [2.45, 2.75) is 27.7 Å². The molecule has 10 aromatic carbocycles. The Labute approximate surface area is 407 Å². The Kier molecular flexibility index (Phi) is 10.1. The van der Waals surface area contributed by atoms with Crippen LogP contribution in [0.5, 0.6) is 0 Å². The summed E-state index contributed by atoms with van der Waals surface area (Å²) in [4.78, 5) is 0. The van der Waals surface area contributed by atoms with Crippen LogP contribution in [0, 0.1) is 50.4 Å². The first-order chi connectivity index (χ1) is 34.3. The predicted octanol–water partition coefficient (Wildman–Crippen LogP) is 17.2. The van der Waals surface area contributed by atoms with E-state index in [0.717, 1.165) is 88.4 Å². The Bertz CT molecular complexity index is 3720. The van der Waals surface area contributed by atoms with Gasteiger partial charge in [0.15, 0.2) is 0 Å². The molecule has 330 valence electrons. The number of hydrogen-bond donors (Lipinski definition) is 0. The fourth-order valence-corrected chi connectivity index (χ4v) is 10.8. The lowest BCUT2D eigenvalue weighted by atomic mass is 9.98. The molecule has 4 nitrogen and oxygen atoms in total. The minimum Gasteiger partial charge on any atom is -0.308 e. The molecule has 0 atom stereocenters. The van der Waals surface area contributed by atoms with E-state index in [-0.39, 0.29) is 0 Å². The van der Waals surface area contributed by atoms with Crippen molar-refractivity contribution >= 4 is 43.6 Å². The van der Waals surface area contributed by atoms with E-state index < -0.39 is 0 Å². The van der Waals surface area contributed by atoms with Gasteiger partial charge in [-0.15, -0.1) is 0 Å². The Morgan fingerprint density at radius 1 is 0.286 bits per heavy atom. The van der Waals surface area contributed by atoms with Crippen LogP contribution in [-0.4, -0.2) is 9.13 Å².